The minimum absolute atomic E-state index is 0.142. The van der Waals surface area contributed by atoms with Gasteiger partial charge < -0.3 is 4.79 Å². The van der Waals surface area contributed by atoms with Gasteiger partial charge in [-0.15, -0.1) is 0 Å². The van der Waals surface area contributed by atoms with Crippen LogP contribution in [0.15, 0.2) is 11.6 Å². The van der Waals surface area contributed by atoms with Crippen LogP contribution in [0.1, 0.15) is 58.3 Å². The van der Waals surface area contributed by atoms with Crippen molar-refractivity contribution in [3.05, 3.63) is 11.6 Å². The summed E-state index contributed by atoms with van der Waals surface area (Å²) in [5.74, 6) is 1.91. The van der Waals surface area contributed by atoms with Crippen molar-refractivity contribution >= 4 is 17.9 Å². The second kappa shape index (κ2) is 4.62. The summed E-state index contributed by atoms with van der Waals surface area (Å²) in [6.45, 7) is 2.16. The van der Waals surface area contributed by atoms with E-state index in [9.17, 15) is 14.4 Å². The van der Waals surface area contributed by atoms with E-state index in [1.807, 2.05) is 0 Å². The van der Waals surface area contributed by atoms with Crippen LogP contribution in [0.25, 0.3) is 0 Å². The number of hydrogen-bond acceptors (Lipinski definition) is 3. The molecule has 0 radical (unpaired) electrons. The lowest BCUT2D eigenvalue weighted by molar-refractivity contribution is -0.135. The fraction of sp³-hybridized carbons (Fsp3) is 0.737. The predicted octanol–water partition coefficient (Wildman–Crippen LogP) is 3.27. The van der Waals surface area contributed by atoms with Crippen molar-refractivity contribution in [2.45, 2.75) is 58.3 Å². The van der Waals surface area contributed by atoms with Gasteiger partial charge in [0.1, 0.15) is 12.1 Å². The molecule has 0 heterocycles. The number of hydrogen-bond donors (Lipinski definition) is 0. The molecule has 0 aliphatic heterocycles. The third-order valence-electron chi connectivity index (χ3n) is 7.48. The first-order chi connectivity index (χ1) is 10.5. The lowest BCUT2D eigenvalue weighted by atomic mass is 9.47. The van der Waals surface area contributed by atoms with Gasteiger partial charge in [-0.1, -0.05) is 12.5 Å². The van der Waals surface area contributed by atoms with Crippen LogP contribution in [-0.4, -0.2) is 17.9 Å². The van der Waals surface area contributed by atoms with Crippen LogP contribution in [0, 0.1) is 28.6 Å². The number of carbonyl (C=O) groups excluding carboxylic acids is 3. The molecule has 4 aliphatic carbocycles. The van der Waals surface area contributed by atoms with Gasteiger partial charge in [-0.2, -0.15) is 0 Å². The molecule has 3 heteroatoms. The summed E-state index contributed by atoms with van der Waals surface area (Å²) in [5, 5.41) is 0. The molecule has 0 aromatic rings. The van der Waals surface area contributed by atoms with E-state index in [1.54, 1.807) is 6.08 Å². The summed E-state index contributed by atoms with van der Waals surface area (Å²) in [6.07, 6.45) is 9.65. The lowest BCUT2D eigenvalue weighted by Gasteiger charge is -2.55. The lowest BCUT2D eigenvalue weighted by Crippen LogP contribution is -2.52. The van der Waals surface area contributed by atoms with E-state index >= 15 is 0 Å². The number of rotatable bonds is 1. The first kappa shape index (κ1) is 14.3. The molecule has 0 saturated heterocycles. The van der Waals surface area contributed by atoms with Crippen LogP contribution >= 0.6 is 0 Å². The molecule has 0 N–H and O–H groups in total. The highest BCUT2D eigenvalue weighted by atomic mass is 16.1. The number of aldehydes is 1. The Morgan fingerprint density at radius 1 is 1.05 bits per heavy atom. The Bertz CT molecular complexity index is 589. The quantitative estimate of drug-likeness (QED) is 0.698. The molecule has 0 amide bonds. The molecule has 0 bridgehead atoms. The fourth-order valence-corrected chi connectivity index (χ4v) is 6.26. The number of ketones is 2. The summed E-state index contributed by atoms with van der Waals surface area (Å²) in [7, 11) is 0. The summed E-state index contributed by atoms with van der Waals surface area (Å²) in [4.78, 5) is 36.2. The minimum Gasteiger partial charge on any atom is -0.302 e. The monoisotopic (exact) mass is 300 g/mol. The molecule has 0 spiro atoms. The van der Waals surface area contributed by atoms with Gasteiger partial charge in [0.2, 0.25) is 0 Å². The molecule has 0 aromatic heterocycles. The van der Waals surface area contributed by atoms with Gasteiger partial charge in [0, 0.05) is 18.3 Å². The Balaban J connectivity index is 1.74. The zero-order valence-corrected chi connectivity index (χ0v) is 13.3. The second-order valence-corrected chi connectivity index (χ2v) is 8.13. The molecule has 4 aliphatic rings. The van der Waals surface area contributed by atoms with Crippen LogP contribution in [-0.2, 0) is 14.4 Å². The Kier molecular flexibility index (Phi) is 3.02. The summed E-state index contributed by atoms with van der Waals surface area (Å²) >= 11 is 0. The Labute approximate surface area is 131 Å². The van der Waals surface area contributed by atoms with Crippen molar-refractivity contribution in [3.63, 3.8) is 0 Å². The number of allylic oxidation sites excluding steroid dienone is 1. The van der Waals surface area contributed by atoms with Crippen molar-refractivity contribution in [1.82, 2.24) is 0 Å². The van der Waals surface area contributed by atoms with Crippen molar-refractivity contribution in [1.29, 1.82) is 0 Å². The van der Waals surface area contributed by atoms with Crippen molar-refractivity contribution in [2.75, 3.05) is 0 Å². The van der Waals surface area contributed by atoms with Crippen LogP contribution < -0.4 is 0 Å². The molecule has 4 rings (SSSR count). The summed E-state index contributed by atoms with van der Waals surface area (Å²) < 4.78 is 0. The standard InChI is InChI=1S/C19H24O3/c1-18-8-7-16-14(15(18)4-5-17(18)22)3-2-12-10-13(21)6-9-19(12,16)11-20/h10-11,14-16H,2-9H2,1H3/t14-,15-,16-,18-,19-/m1/s1. The maximum atomic E-state index is 12.4. The van der Waals surface area contributed by atoms with Gasteiger partial charge >= 0.3 is 0 Å². The number of Topliss-reactive ketones (excluding diaryl/α,β-unsaturated/α-hetero) is 1. The van der Waals surface area contributed by atoms with Gasteiger partial charge in [0.05, 0.1) is 5.41 Å². The maximum absolute atomic E-state index is 12.4. The topological polar surface area (TPSA) is 51.2 Å². The number of fused-ring (bicyclic) bond motifs is 5. The Morgan fingerprint density at radius 2 is 1.86 bits per heavy atom. The van der Waals surface area contributed by atoms with E-state index in [2.05, 4.69) is 6.92 Å². The van der Waals surface area contributed by atoms with Crippen molar-refractivity contribution in [3.8, 4) is 0 Å². The van der Waals surface area contributed by atoms with Gasteiger partial charge in [0.15, 0.2) is 5.78 Å². The molecular formula is C19H24O3. The van der Waals surface area contributed by atoms with Crippen LogP contribution in [0.3, 0.4) is 0 Å². The maximum Gasteiger partial charge on any atom is 0.155 e. The first-order valence-electron chi connectivity index (χ1n) is 8.75. The molecular weight excluding hydrogens is 276 g/mol. The predicted molar refractivity (Wildman–Crippen MR) is 82.1 cm³/mol. The van der Waals surface area contributed by atoms with Crippen LogP contribution in [0.2, 0.25) is 0 Å². The van der Waals surface area contributed by atoms with Crippen molar-refractivity contribution in [2.24, 2.45) is 28.6 Å². The Hall–Kier alpha value is -1.25. The zero-order valence-electron chi connectivity index (χ0n) is 13.3. The average molecular weight is 300 g/mol. The van der Waals surface area contributed by atoms with E-state index in [0.717, 1.165) is 50.4 Å². The van der Waals surface area contributed by atoms with Crippen molar-refractivity contribution < 1.29 is 14.4 Å². The van der Waals surface area contributed by atoms with Crippen LogP contribution in [0.5, 0.6) is 0 Å². The average Bonchev–Trinajstić information content (AvgIpc) is 2.82. The van der Waals surface area contributed by atoms with Gasteiger partial charge in [-0.05, 0) is 62.4 Å². The molecule has 3 nitrogen and oxygen atoms in total. The third-order valence-corrected chi connectivity index (χ3v) is 7.48. The normalized spacial score (nSPS) is 47.3. The molecule has 22 heavy (non-hydrogen) atoms. The van der Waals surface area contributed by atoms with E-state index in [0.29, 0.717) is 36.4 Å². The smallest absolute Gasteiger partial charge is 0.155 e. The molecule has 3 saturated carbocycles. The van der Waals surface area contributed by atoms with E-state index in [4.69, 9.17) is 0 Å². The molecule has 0 aromatic carbocycles. The molecule has 3 fully saturated rings. The third kappa shape index (κ3) is 1.65. The van der Waals surface area contributed by atoms with E-state index in [1.165, 1.54) is 0 Å². The molecule has 5 atom stereocenters. The highest BCUT2D eigenvalue weighted by Gasteiger charge is 2.60. The highest BCUT2D eigenvalue weighted by molar-refractivity contribution is 5.93. The highest BCUT2D eigenvalue weighted by Crippen LogP contribution is 2.63. The van der Waals surface area contributed by atoms with E-state index in [-0.39, 0.29) is 11.2 Å². The van der Waals surface area contributed by atoms with Crippen LogP contribution in [0.4, 0.5) is 0 Å². The number of carbonyl (C=O) groups is 3. The minimum atomic E-state index is -0.399. The summed E-state index contributed by atoms with van der Waals surface area (Å²) in [5.41, 5.74) is 0.550. The fourth-order valence-electron chi connectivity index (χ4n) is 6.26. The first-order valence-corrected chi connectivity index (χ1v) is 8.75. The van der Waals surface area contributed by atoms with Gasteiger partial charge in [0.25, 0.3) is 0 Å². The van der Waals surface area contributed by atoms with Gasteiger partial charge in [-0.25, -0.2) is 0 Å². The van der Waals surface area contributed by atoms with E-state index < -0.39 is 5.41 Å². The molecule has 0 unspecified atom stereocenters. The Morgan fingerprint density at radius 3 is 2.64 bits per heavy atom. The second-order valence-electron chi connectivity index (χ2n) is 8.13. The van der Waals surface area contributed by atoms with Gasteiger partial charge in [-0.3, -0.25) is 9.59 Å². The summed E-state index contributed by atoms with van der Waals surface area (Å²) in [6, 6.07) is 0. The zero-order chi connectivity index (χ0) is 15.5. The SMILES string of the molecule is C[C@@]12CC[C@@H]3[C@H](CCC4=CC(=O)CC[C@@]43C=O)[C@H]1CCC2=O. The largest absolute Gasteiger partial charge is 0.302 e. The molecule has 118 valence electrons.